The molecule has 4 nitrogen and oxygen atoms in total. The number of halogens is 1. The van der Waals surface area contributed by atoms with Crippen molar-refractivity contribution in [3.8, 4) is 0 Å². The lowest BCUT2D eigenvalue weighted by molar-refractivity contribution is -0.115. The van der Waals surface area contributed by atoms with Crippen molar-refractivity contribution in [3.05, 3.63) is 57.3 Å². The summed E-state index contributed by atoms with van der Waals surface area (Å²) in [6.07, 6.45) is 5.18. The third-order valence-corrected chi connectivity index (χ3v) is 4.84. The summed E-state index contributed by atoms with van der Waals surface area (Å²) in [5.41, 5.74) is 2.15. The van der Waals surface area contributed by atoms with Gasteiger partial charge in [0.1, 0.15) is 5.76 Å². The van der Waals surface area contributed by atoms with Crippen molar-refractivity contribution < 1.29 is 9.21 Å². The zero-order chi connectivity index (χ0) is 16.9. The van der Waals surface area contributed by atoms with Crippen LogP contribution in [0.1, 0.15) is 31.1 Å². The van der Waals surface area contributed by atoms with Crippen LogP contribution in [0.2, 0.25) is 0 Å². The van der Waals surface area contributed by atoms with Crippen LogP contribution in [0.5, 0.6) is 0 Å². The predicted octanol–water partition coefficient (Wildman–Crippen LogP) is 5.28. The van der Waals surface area contributed by atoms with Crippen molar-refractivity contribution in [1.82, 2.24) is 5.32 Å². The molecule has 1 aliphatic heterocycles. The molecule has 0 aliphatic carbocycles. The summed E-state index contributed by atoms with van der Waals surface area (Å²) in [7, 11) is 0. The Morgan fingerprint density at radius 2 is 2.04 bits per heavy atom. The van der Waals surface area contributed by atoms with Gasteiger partial charge in [-0.2, -0.15) is 0 Å². The molecule has 3 rings (SSSR count). The number of furan rings is 1. The average Bonchev–Trinajstić information content (AvgIpc) is 3.13. The van der Waals surface area contributed by atoms with E-state index in [1.165, 1.54) is 30.2 Å². The van der Waals surface area contributed by atoms with Crippen LogP contribution in [0.15, 0.2) is 55.4 Å². The van der Waals surface area contributed by atoms with Crippen LogP contribution in [0.3, 0.4) is 0 Å². The van der Waals surface area contributed by atoms with E-state index in [4.69, 9.17) is 4.42 Å². The molecule has 0 unspecified atom stereocenters. The standard InChI is InChI=1S/C18H17BrN2O2S/c1-2-3-4-12-5-7-13(8-6-12)20-18-21-17(22)15(24-18)11-14-9-10-16(19)23-14/h5-11H,2-4H2,1H3,(H,20,21,22). The van der Waals surface area contributed by atoms with Crippen LogP contribution < -0.4 is 5.32 Å². The smallest absolute Gasteiger partial charge is 0.264 e. The van der Waals surface area contributed by atoms with E-state index >= 15 is 0 Å². The zero-order valence-corrected chi connectivity index (χ0v) is 15.6. The van der Waals surface area contributed by atoms with Crippen LogP contribution >= 0.6 is 27.7 Å². The van der Waals surface area contributed by atoms with Gasteiger partial charge in [-0.15, -0.1) is 0 Å². The number of rotatable bonds is 5. The first kappa shape index (κ1) is 17.0. The van der Waals surface area contributed by atoms with E-state index in [1.54, 1.807) is 18.2 Å². The maximum atomic E-state index is 12.0. The molecular formula is C18H17BrN2O2S. The number of nitrogens with one attached hydrogen (secondary N) is 1. The molecule has 1 aromatic heterocycles. The van der Waals surface area contributed by atoms with E-state index in [0.717, 1.165) is 12.1 Å². The number of aryl methyl sites for hydroxylation is 1. The summed E-state index contributed by atoms with van der Waals surface area (Å²) in [4.78, 5) is 17.1. The van der Waals surface area contributed by atoms with E-state index in [2.05, 4.69) is 45.3 Å². The Morgan fingerprint density at radius 3 is 2.71 bits per heavy atom. The summed E-state index contributed by atoms with van der Waals surface area (Å²) in [6.45, 7) is 2.19. The number of benzene rings is 1. The Bertz CT molecular complexity index is 794. The van der Waals surface area contributed by atoms with Gasteiger partial charge in [0, 0.05) is 6.08 Å². The third-order valence-electron chi connectivity index (χ3n) is 3.50. The maximum Gasteiger partial charge on any atom is 0.264 e. The van der Waals surface area contributed by atoms with E-state index in [-0.39, 0.29) is 5.91 Å². The second-order valence-corrected chi connectivity index (χ2v) is 7.21. The minimum atomic E-state index is -0.161. The highest BCUT2D eigenvalue weighted by Gasteiger charge is 2.24. The monoisotopic (exact) mass is 404 g/mol. The lowest BCUT2D eigenvalue weighted by atomic mass is 10.1. The second-order valence-electron chi connectivity index (χ2n) is 5.39. The lowest BCUT2D eigenvalue weighted by Crippen LogP contribution is -2.19. The van der Waals surface area contributed by atoms with Crippen molar-refractivity contribution >= 4 is 50.5 Å². The van der Waals surface area contributed by atoms with Gasteiger partial charge in [-0.05, 0) is 70.4 Å². The zero-order valence-electron chi connectivity index (χ0n) is 13.2. The fraction of sp³-hybridized carbons (Fsp3) is 0.222. The van der Waals surface area contributed by atoms with Gasteiger partial charge in [-0.1, -0.05) is 25.5 Å². The average molecular weight is 405 g/mol. The van der Waals surface area contributed by atoms with Crippen molar-refractivity contribution in [1.29, 1.82) is 0 Å². The number of hydrogen-bond acceptors (Lipinski definition) is 4. The number of carbonyl (C=O) groups is 1. The molecular weight excluding hydrogens is 388 g/mol. The topological polar surface area (TPSA) is 54.6 Å². The first-order chi connectivity index (χ1) is 11.6. The normalized spacial score (nSPS) is 17.7. The molecule has 0 bridgehead atoms. The summed E-state index contributed by atoms with van der Waals surface area (Å²) in [5.74, 6) is 0.465. The maximum absolute atomic E-state index is 12.0. The molecule has 2 heterocycles. The van der Waals surface area contributed by atoms with E-state index in [9.17, 15) is 4.79 Å². The largest absolute Gasteiger partial charge is 0.450 e. The molecule has 1 amide bonds. The van der Waals surface area contributed by atoms with Gasteiger partial charge < -0.3 is 9.73 Å². The third kappa shape index (κ3) is 4.39. The van der Waals surface area contributed by atoms with Gasteiger partial charge in [-0.25, -0.2) is 4.99 Å². The number of thioether (sulfide) groups is 1. The number of unbranched alkanes of at least 4 members (excludes halogenated alkanes) is 1. The number of aliphatic imine (C=N–C) groups is 1. The van der Waals surface area contributed by atoms with Crippen LogP contribution in [0.25, 0.3) is 6.08 Å². The van der Waals surface area contributed by atoms with Crippen LogP contribution in [0.4, 0.5) is 5.69 Å². The Hall–Kier alpha value is -1.79. The highest BCUT2D eigenvalue weighted by atomic mass is 79.9. The van der Waals surface area contributed by atoms with Crippen LogP contribution in [0, 0.1) is 0 Å². The van der Waals surface area contributed by atoms with E-state index < -0.39 is 0 Å². The van der Waals surface area contributed by atoms with Crippen molar-refractivity contribution in [3.63, 3.8) is 0 Å². The van der Waals surface area contributed by atoms with Gasteiger partial charge in [0.25, 0.3) is 5.91 Å². The van der Waals surface area contributed by atoms with Gasteiger partial charge >= 0.3 is 0 Å². The molecule has 1 aromatic carbocycles. The molecule has 24 heavy (non-hydrogen) atoms. The van der Waals surface area contributed by atoms with Crippen LogP contribution in [-0.2, 0) is 11.2 Å². The van der Waals surface area contributed by atoms with E-state index in [1.807, 2.05) is 12.1 Å². The number of hydrogen-bond donors (Lipinski definition) is 1. The second kappa shape index (κ2) is 7.85. The van der Waals surface area contributed by atoms with Gasteiger partial charge in [0.2, 0.25) is 0 Å². The minimum absolute atomic E-state index is 0.161. The molecule has 0 radical (unpaired) electrons. The summed E-state index contributed by atoms with van der Waals surface area (Å²) >= 11 is 4.56. The number of amides is 1. The SMILES string of the molecule is CCCCc1ccc(N=C2NC(=O)C(=Cc3ccc(Br)o3)S2)cc1. The highest BCUT2D eigenvalue weighted by Crippen LogP contribution is 2.29. The van der Waals surface area contributed by atoms with Gasteiger partial charge in [-0.3, -0.25) is 4.79 Å². The summed E-state index contributed by atoms with van der Waals surface area (Å²) in [6, 6.07) is 11.7. The molecule has 1 fully saturated rings. The lowest BCUT2D eigenvalue weighted by Gasteiger charge is -2.01. The van der Waals surface area contributed by atoms with Gasteiger partial charge in [0.05, 0.1) is 10.6 Å². The molecule has 6 heteroatoms. The predicted molar refractivity (Wildman–Crippen MR) is 102 cm³/mol. The molecule has 0 atom stereocenters. The number of nitrogens with zero attached hydrogens (tertiary/aromatic N) is 1. The molecule has 124 valence electrons. The van der Waals surface area contributed by atoms with Crippen LogP contribution in [-0.4, -0.2) is 11.1 Å². The molecule has 1 N–H and O–H groups in total. The number of amidine groups is 1. The van der Waals surface area contributed by atoms with Crippen molar-refractivity contribution in [2.75, 3.05) is 0 Å². The van der Waals surface area contributed by atoms with E-state index in [0.29, 0.717) is 20.5 Å². The molecule has 1 saturated heterocycles. The van der Waals surface area contributed by atoms with Crippen molar-refractivity contribution in [2.24, 2.45) is 4.99 Å². The summed E-state index contributed by atoms with van der Waals surface area (Å²) < 4.78 is 6.03. The number of carbonyl (C=O) groups excluding carboxylic acids is 1. The molecule has 1 aliphatic rings. The summed E-state index contributed by atoms with van der Waals surface area (Å²) in [5, 5.41) is 3.36. The first-order valence-corrected chi connectivity index (χ1v) is 9.39. The highest BCUT2D eigenvalue weighted by molar-refractivity contribution is 9.10. The molecule has 2 aromatic rings. The van der Waals surface area contributed by atoms with Gasteiger partial charge in [0.15, 0.2) is 9.84 Å². The fourth-order valence-electron chi connectivity index (χ4n) is 2.25. The fourth-order valence-corrected chi connectivity index (χ4v) is 3.39. The molecule has 0 saturated carbocycles. The quantitative estimate of drug-likeness (QED) is 0.689. The Balaban J connectivity index is 1.70. The Labute approximate surface area is 153 Å². The first-order valence-electron chi connectivity index (χ1n) is 7.78. The van der Waals surface area contributed by atoms with Crippen molar-refractivity contribution in [2.45, 2.75) is 26.2 Å². The minimum Gasteiger partial charge on any atom is -0.450 e. The Kier molecular flexibility index (Phi) is 5.58. The Morgan fingerprint density at radius 1 is 1.25 bits per heavy atom. The molecule has 0 spiro atoms.